The average Bonchev–Trinajstić information content (AvgIpc) is 3.22. The predicted octanol–water partition coefficient (Wildman–Crippen LogP) is 6.80. The molecule has 5 aromatic rings. The van der Waals surface area contributed by atoms with Gasteiger partial charge in [0.1, 0.15) is 11.5 Å². The summed E-state index contributed by atoms with van der Waals surface area (Å²) < 4.78 is 30.6. The number of nitrogens with zero attached hydrogens (tertiary/aromatic N) is 7. The fourth-order valence-corrected chi connectivity index (χ4v) is 7.16. The molecular weight excluding hydrogens is 672 g/mol. The maximum atomic E-state index is 14.3. The van der Waals surface area contributed by atoms with Crippen molar-refractivity contribution >= 4 is 11.9 Å². The first-order chi connectivity index (χ1) is 26.0. The van der Waals surface area contributed by atoms with Crippen LogP contribution in [-0.2, 0) is 6.54 Å². The molecule has 7 rings (SSSR count). The zero-order valence-corrected chi connectivity index (χ0v) is 30.6. The molecule has 0 spiro atoms. The summed E-state index contributed by atoms with van der Waals surface area (Å²) in [6.45, 7) is 6.51. The largest absolute Gasteiger partial charge is 0.497 e. The number of aromatic nitrogens is 4. The van der Waals surface area contributed by atoms with Crippen molar-refractivity contribution in [3.8, 4) is 39.5 Å². The van der Waals surface area contributed by atoms with Crippen LogP contribution in [0, 0.1) is 5.82 Å². The maximum absolute atomic E-state index is 14.3. The minimum Gasteiger partial charge on any atom is -0.497 e. The Kier molecular flexibility index (Phi) is 11.6. The second-order valence-electron chi connectivity index (χ2n) is 13.4. The fraction of sp³-hybridized carbons (Fsp3) is 0.366. The number of rotatable bonds is 13. The molecule has 0 atom stereocenters. The lowest BCUT2D eigenvalue weighted by Crippen LogP contribution is -2.59. The Hall–Kier alpha value is -5.33. The smallest absolute Gasteiger partial charge is 0.244 e. The lowest BCUT2D eigenvalue weighted by Gasteiger charge is -2.47. The molecule has 0 unspecified atom stereocenters. The summed E-state index contributed by atoms with van der Waals surface area (Å²) >= 11 is 0. The standard InChI is InChI=1S/C41H47FN8O3/c1-4-53-39-23-29(5-14-38(39)42)28-48-21-17-35(18-22-48)50(41-46-26-33(27-47-41)31-8-12-37(52-3)13-9-31)49(34-15-19-43-20-16-34)40-44-24-32(25-45-40)30-6-10-36(51-2)11-7-30/h5-14,23-27,34-35,43H,4,15-22,28H2,1-3H3. The summed E-state index contributed by atoms with van der Waals surface area (Å²) in [7, 11) is 3.33. The Labute approximate surface area is 310 Å². The highest BCUT2D eigenvalue weighted by atomic mass is 19.1. The summed E-state index contributed by atoms with van der Waals surface area (Å²) in [6.07, 6.45) is 11.2. The van der Waals surface area contributed by atoms with E-state index in [2.05, 4.69) is 20.2 Å². The van der Waals surface area contributed by atoms with Gasteiger partial charge in [0, 0.05) is 55.5 Å². The fourth-order valence-electron chi connectivity index (χ4n) is 7.16. The van der Waals surface area contributed by atoms with E-state index in [0.717, 1.165) is 91.2 Å². The van der Waals surface area contributed by atoms with Crippen molar-refractivity contribution in [1.82, 2.24) is 30.2 Å². The highest BCUT2D eigenvalue weighted by Gasteiger charge is 2.36. The molecule has 12 heteroatoms. The van der Waals surface area contributed by atoms with Gasteiger partial charge in [0.05, 0.1) is 32.9 Å². The molecule has 0 saturated carbocycles. The molecule has 2 aliphatic rings. The predicted molar refractivity (Wildman–Crippen MR) is 205 cm³/mol. The topological polar surface area (TPSA) is 101 Å². The number of hydrogen-bond acceptors (Lipinski definition) is 11. The van der Waals surface area contributed by atoms with Gasteiger partial charge in [0.15, 0.2) is 11.6 Å². The van der Waals surface area contributed by atoms with Gasteiger partial charge in [-0.3, -0.25) is 4.90 Å². The van der Waals surface area contributed by atoms with E-state index >= 15 is 0 Å². The van der Waals surface area contributed by atoms with Crippen molar-refractivity contribution in [2.75, 3.05) is 57.0 Å². The Morgan fingerprint density at radius 3 is 1.64 bits per heavy atom. The van der Waals surface area contributed by atoms with Crippen molar-refractivity contribution < 1.29 is 18.6 Å². The number of nitrogens with one attached hydrogen (secondary N) is 1. The van der Waals surface area contributed by atoms with Crippen LogP contribution in [0.25, 0.3) is 22.3 Å². The van der Waals surface area contributed by atoms with Crippen molar-refractivity contribution in [3.05, 3.63) is 103 Å². The van der Waals surface area contributed by atoms with Crippen molar-refractivity contribution in [2.45, 2.75) is 51.2 Å². The van der Waals surface area contributed by atoms with Crippen molar-refractivity contribution in [1.29, 1.82) is 0 Å². The van der Waals surface area contributed by atoms with E-state index in [-0.39, 0.29) is 17.9 Å². The molecule has 11 nitrogen and oxygen atoms in total. The van der Waals surface area contributed by atoms with Crippen LogP contribution in [0.3, 0.4) is 0 Å². The summed E-state index contributed by atoms with van der Waals surface area (Å²) in [5, 5.41) is 8.04. The van der Waals surface area contributed by atoms with Gasteiger partial charge in [0.25, 0.3) is 0 Å². The monoisotopic (exact) mass is 718 g/mol. The molecule has 2 fully saturated rings. The summed E-state index contributed by atoms with van der Waals surface area (Å²) in [5.41, 5.74) is 4.91. The number of anilines is 2. The quantitative estimate of drug-likeness (QED) is 0.130. The summed E-state index contributed by atoms with van der Waals surface area (Å²) in [5.74, 6) is 2.80. The van der Waals surface area contributed by atoms with E-state index in [1.165, 1.54) is 6.07 Å². The zero-order chi connectivity index (χ0) is 36.6. The molecule has 0 radical (unpaired) electrons. The Morgan fingerprint density at radius 2 is 1.17 bits per heavy atom. The van der Waals surface area contributed by atoms with Crippen LogP contribution in [0.1, 0.15) is 38.2 Å². The van der Waals surface area contributed by atoms with E-state index in [1.54, 1.807) is 14.2 Å². The van der Waals surface area contributed by atoms with E-state index in [0.29, 0.717) is 30.8 Å². The van der Waals surface area contributed by atoms with Gasteiger partial charge < -0.3 is 19.5 Å². The molecule has 276 valence electrons. The lowest BCUT2D eigenvalue weighted by molar-refractivity contribution is 0.196. The summed E-state index contributed by atoms with van der Waals surface area (Å²) in [4.78, 5) is 22.4. The van der Waals surface area contributed by atoms with Gasteiger partial charge in [0.2, 0.25) is 11.9 Å². The molecule has 0 aliphatic carbocycles. The first-order valence-electron chi connectivity index (χ1n) is 18.4. The number of hydrogen-bond donors (Lipinski definition) is 1. The normalized spacial score (nSPS) is 15.5. The zero-order valence-electron chi connectivity index (χ0n) is 30.6. The Balaban J connectivity index is 1.20. The Morgan fingerprint density at radius 1 is 0.679 bits per heavy atom. The summed E-state index contributed by atoms with van der Waals surface area (Å²) in [6, 6.07) is 21.2. The highest BCUT2D eigenvalue weighted by molar-refractivity contribution is 5.65. The molecule has 3 aromatic carbocycles. The molecule has 0 bridgehead atoms. The van der Waals surface area contributed by atoms with Crippen molar-refractivity contribution in [2.24, 2.45) is 0 Å². The third kappa shape index (κ3) is 8.50. The number of piperidine rings is 2. The van der Waals surface area contributed by atoms with E-state index in [4.69, 9.17) is 34.1 Å². The molecule has 2 aromatic heterocycles. The molecule has 2 aliphatic heterocycles. The number of benzene rings is 3. The van der Waals surface area contributed by atoms with Gasteiger partial charge in [-0.05, 0) is 98.8 Å². The lowest BCUT2D eigenvalue weighted by atomic mass is 10.0. The number of methoxy groups -OCH3 is 2. The van der Waals surface area contributed by atoms with Gasteiger partial charge in [-0.25, -0.2) is 34.3 Å². The van der Waals surface area contributed by atoms with Crippen molar-refractivity contribution in [3.63, 3.8) is 0 Å². The van der Waals surface area contributed by atoms with Crippen LogP contribution >= 0.6 is 0 Å². The second kappa shape index (κ2) is 17.0. The van der Waals surface area contributed by atoms with Crippen LogP contribution in [0.15, 0.2) is 91.5 Å². The molecular formula is C41H47FN8O3. The van der Waals surface area contributed by atoms with Crippen LogP contribution in [0.4, 0.5) is 16.3 Å². The third-order valence-corrected chi connectivity index (χ3v) is 10.0. The average molecular weight is 719 g/mol. The molecule has 1 N–H and O–H groups in total. The van der Waals surface area contributed by atoms with E-state index in [9.17, 15) is 4.39 Å². The molecule has 4 heterocycles. The third-order valence-electron chi connectivity index (χ3n) is 10.0. The molecule has 53 heavy (non-hydrogen) atoms. The van der Waals surface area contributed by atoms with Gasteiger partial charge in [-0.2, -0.15) is 0 Å². The van der Waals surface area contributed by atoms with Crippen LogP contribution in [0.5, 0.6) is 17.2 Å². The van der Waals surface area contributed by atoms with Gasteiger partial charge in [-0.15, -0.1) is 0 Å². The first kappa shape index (κ1) is 36.0. The second-order valence-corrected chi connectivity index (χ2v) is 13.4. The van der Waals surface area contributed by atoms with E-state index in [1.807, 2.05) is 92.4 Å². The number of likely N-dealkylation sites (tertiary alicyclic amines) is 1. The van der Waals surface area contributed by atoms with Gasteiger partial charge >= 0.3 is 0 Å². The first-order valence-corrected chi connectivity index (χ1v) is 18.4. The maximum Gasteiger partial charge on any atom is 0.244 e. The minimum atomic E-state index is -0.333. The highest BCUT2D eigenvalue weighted by Crippen LogP contribution is 2.32. The molecule has 0 amide bonds. The van der Waals surface area contributed by atoms with Crippen LogP contribution < -0.4 is 29.5 Å². The Bertz CT molecular complexity index is 1900. The number of ether oxygens (including phenoxy) is 3. The molecule has 2 saturated heterocycles. The van der Waals surface area contributed by atoms with Gasteiger partial charge in [-0.1, -0.05) is 30.3 Å². The van der Waals surface area contributed by atoms with Crippen LogP contribution in [-0.4, -0.2) is 83.9 Å². The number of hydrazine groups is 1. The van der Waals surface area contributed by atoms with E-state index < -0.39 is 0 Å². The minimum absolute atomic E-state index is 0.0880. The number of halogens is 1. The SMILES string of the molecule is CCOc1cc(CN2CCC(N(c3ncc(-c4ccc(OC)cc4)cn3)N(c3ncc(-c4ccc(OC)cc4)cn3)C3CCNCC3)CC2)ccc1F. The van der Waals surface area contributed by atoms with Crippen LogP contribution in [0.2, 0.25) is 0 Å².